The summed E-state index contributed by atoms with van der Waals surface area (Å²) >= 11 is 0. The Balaban J connectivity index is 1.60. The van der Waals surface area contributed by atoms with Crippen molar-refractivity contribution in [3.8, 4) is 5.75 Å². The van der Waals surface area contributed by atoms with Crippen molar-refractivity contribution in [2.45, 2.75) is 33.0 Å². The fourth-order valence-corrected chi connectivity index (χ4v) is 3.96. The zero-order valence-corrected chi connectivity index (χ0v) is 17.5. The van der Waals surface area contributed by atoms with Crippen LogP contribution in [-0.4, -0.2) is 40.9 Å². The number of ether oxygens (including phenoxy) is 2. The number of carbonyl (C=O) groups is 1. The third-order valence-corrected chi connectivity index (χ3v) is 5.40. The monoisotopic (exact) mass is 405 g/mol. The molecule has 6 nitrogen and oxygen atoms in total. The Morgan fingerprint density at radius 1 is 1.07 bits per heavy atom. The molecule has 1 aliphatic heterocycles. The van der Waals surface area contributed by atoms with Gasteiger partial charge >= 0.3 is 5.97 Å². The lowest BCUT2D eigenvalue weighted by atomic mass is 10.0. The van der Waals surface area contributed by atoms with E-state index in [-0.39, 0.29) is 5.97 Å². The molecule has 2 aromatic carbocycles. The maximum absolute atomic E-state index is 12.6. The smallest absolute Gasteiger partial charge is 0.359 e. The molecule has 0 saturated carbocycles. The van der Waals surface area contributed by atoms with E-state index in [0.717, 1.165) is 42.1 Å². The number of nitrogens with zero attached hydrogens (tertiary/aromatic N) is 3. The Kier molecular flexibility index (Phi) is 6.14. The first-order chi connectivity index (χ1) is 14.7. The molecule has 0 spiro atoms. The first kappa shape index (κ1) is 20.2. The third kappa shape index (κ3) is 4.39. The molecule has 2 heterocycles. The molecular formula is C24H27N3O3. The predicted molar refractivity (Wildman–Crippen MR) is 115 cm³/mol. The minimum atomic E-state index is -0.344. The lowest BCUT2D eigenvalue weighted by Crippen LogP contribution is -2.31. The van der Waals surface area contributed by atoms with Gasteiger partial charge in [-0.25, -0.2) is 4.79 Å². The second-order valence-electron chi connectivity index (χ2n) is 7.45. The van der Waals surface area contributed by atoms with Crippen molar-refractivity contribution in [2.24, 2.45) is 0 Å². The summed E-state index contributed by atoms with van der Waals surface area (Å²) in [6, 6.07) is 18.3. The van der Waals surface area contributed by atoms with Gasteiger partial charge in [-0.05, 0) is 30.2 Å². The van der Waals surface area contributed by atoms with Crippen LogP contribution in [0.1, 0.15) is 39.8 Å². The van der Waals surface area contributed by atoms with Crippen LogP contribution in [0.3, 0.4) is 0 Å². The van der Waals surface area contributed by atoms with Crippen LogP contribution in [0.2, 0.25) is 0 Å². The summed E-state index contributed by atoms with van der Waals surface area (Å²) in [5, 5.41) is 4.67. The molecular weight excluding hydrogens is 378 g/mol. The Bertz CT molecular complexity index is 1010. The average Bonchev–Trinajstić information content (AvgIpc) is 3.12. The zero-order valence-electron chi connectivity index (χ0n) is 17.5. The highest BCUT2D eigenvalue weighted by Gasteiger charge is 2.29. The van der Waals surface area contributed by atoms with Gasteiger partial charge in [-0.15, -0.1) is 0 Å². The SMILES string of the molecule is CCOC(=O)c1nn(Cc2ccccc2)c2c1CN(Cc1cccc(OC)c1)CC2. The molecule has 0 unspecified atom stereocenters. The van der Waals surface area contributed by atoms with Crippen molar-refractivity contribution in [1.82, 2.24) is 14.7 Å². The normalized spacial score (nSPS) is 13.7. The highest BCUT2D eigenvalue weighted by atomic mass is 16.5. The summed E-state index contributed by atoms with van der Waals surface area (Å²) in [6.07, 6.45) is 0.846. The number of benzene rings is 2. The van der Waals surface area contributed by atoms with Crippen LogP contribution in [0.15, 0.2) is 54.6 Å². The maximum Gasteiger partial charge on any atom is 0.359 e. The number of esters is 1. The van der Waals surface area contributed by atoms with Gasteiger partial charge in [-0.1, -0.05) is 42.5 Å². The highest BCUT2D eigenvalue weighted by molar-refractivity contribution is 5.89. The van der Waals surface area contributed by atoms with Crippen molar-refractivity contribution in [3.63, 3.8) is 0 Å². The topological polar surface area (TPSA) is 56.6 Å². The molecule has 0 aliphatic carbocycles. The quantitative estimate of drug-likeness (QED) is 0.562. The van der Waals surface area contributed by atoms with Crippen molar-refractivity contribution < 1.29 is 14.3 Å². The average molecular weight is 405 g/mol. The van der Waals surface area contributed by atoms with Gasteiger partial charge < -0.3 is 9.47 Å². The van der Waals surface area contributed by atoms with Crippen LogP contribution in [0.5, 0.6) is 5.75 Å². The largest absolute Gasteiger partial charge is 0.497 e. The van der Waals surface area contributed by atoms with Crippen LogP contribution in [-0.2, 0) is 30.8 Å². The summed E-state index contributed by atoms with van der Waals surface area (Å²) in [5.41, 5.74) is 4.91. The number of rotatable bonds is 7. The minimum absolute atomic E-state index is 0.340. The first-order valence-corrected chi connectivity index (χ1v) is 10.3. The molecule has 4 rings (SSSR count). The first-order valence-electron chi connectivity index (χ1n) is 10.3. The summed E-state index contributed by atoms with van der Waals surface area (Å²) in [6.45, 7) is 5.19. The number of fused-ring (bicyclic) bond motifs is 1. The number of carbonyl (C=O) groups excluding carboxylic acids is 1. The lowest BCUT2D eigenvalue weighted by molar-refractivity contribution is 0.0515. The van der Waals surface area contributed by atoms with Gasteiger partial charge in [0.2, 0.25) is 0 Å². The molecule has 0 bridgehead atoms. The Labute approximate surface area is 177 Å². The molecule has 0 atom stereocenters. The Hall–Kier alpha value is -3.12. The zero-order chi connectivity index (χ0) is 20.9. The predicted octanol–water partition coefficient (Wildman–Crippen LogP) is 3.68. The van der Waals surface area contributed by atoms with E-state index in [1.165, 1.54) is 5.56 Å². The fraction of sp³-hybridized carbons (Fsp3) is 0.333. The van der Waals surface area contributed by atoms with E-state index in [9.17, 15) is 4.79 Å². The van der Waals surface area contributed by atoms with Crippen LogP contribution in [0, 0.1) is 0 Å². The molecule has 0 amide bonds. The van der Waals surface area contributed by atoms with Gasteiger partial charge in [-0.2, -0.15) is 5.10 Å². The van der Waals surface area contributed by atoms with Crippen LogP contribution < -0.4 is 4.74 Å². The van der Waals surface area contributed by atoms with Gasteiger partial charge in [0.05, 0.1) is 20.3 Å². The van der Waals surface area contributed by atoms with Gasteiger partial charge in [0.15, 0.2) is 5.69 Å². The second kappa shape index (κ2) is 9.13. The molecule has 30 heavy (non-hydrogen) atoms. The molecule has 0 saturated heterocycles. The summed E-state index contributed by atoms with van der Waals surface area (Å²) in [5.74, 6) is 0.511. The third-order valence-electron chi connectivity index (χ3n) is 5.40. The molecule has 6 heteroatoms. The highest BCUT2D eigenvalue weighted by Crippen LogP contribution is 2.26. The molecule has 3 aromatic rings. The van der Waals surface area contributed by atoms with Crippen LogP contribution in [0.25, 0.3) is 0 Å². The van der Waals surface area contributed by atoms with Gasteiger partial charge in [0, 0.05) is 37.3 Å². The molecule has 0 N–H and O–H groups in total. The number of hydrogen-bond donors (Lipinski definition) is 0. The molecule has 1 aromatic heterocycles. The molecule has 0 fully saturated rings. The summed E-state index contributed by atoms with van der Waals surface area (Å²) in [7, 11) is 1.68. The second-order valence-corrected chi connectivity index (χ2v) is 7.45. The van der Waals surface area contributed by atoms with E-state index in [2.05, 4.69) is 34.3 Å². The molecule has 1 aliphatic rings. The van der Waals surface area contributed by atoms with Crippen molar-refractivity contribution in [3.05, 3.63) is 82.7 Å². The maximum atomic E-state index is 12.6. The Morgan fingerprint density at radius 2 is 1.87 bits per heavy atom. The van der Waals surface area contributed by atoms with E-state index in [1.807, 2.05) is 41.9 Å². The summed E-state index contributed by atoms with van der Waals surface area (Å²) in [4.78, 5) is 14.9. The minimum Gasteiger partial charge on any atom is -0.497 e. The van der Waals surface area contributed by atoms with Crippen LogP contribution in [0.4, 0.5) is 0 Å². The van der Waals surface area contributed by atoms with Gasteiger partial charge in [0.25, 0.3) is 0 Å². The van der Waals surface area contributed by atoms with Crippen molar-refractivity contribution in [1.29, 1.82) is 0 Å². The molecule has 0 radical (unpaired) electrons. The van der Waals surface area contributed by atoms with Crippen molar-refractivity contribution >= 4 is 5.97 Å². The van der Waals surface area contributed by atoms with E-state index in [1.54, 1.807) is 7.11 Å². The number of aromatic nitrogens is 2. The van der Waals surface area contributed by atoms with E-state index < -0.39 is 0 Å². The lowest BCUT2D eigenvalue weighted by Gasteiger charge is -2.27. The molecule has 156 valence electrons. The number of hydrogen-bond acceptors (Lipinski definition) is 5. The van der Waals surface area contributed by atoms with Gasteiger partial charge in [0.1, 0.15) is 5.75 Å². The van der Waals surface area contributed by atoms with E-state index in [4.69, 9.17) is 9.47 Å². The summed E-state index contributed by atoms with van der Waals surface area (Å²) < 4.78 is 12.6. The van der Waals surface area contributed by atoms with Gasteiger partial charge in [-0.3, -0.25) is 9.58 Å². The fourth-order valence-electron chi connectivity index (χ4n) is 3.96. The Morgan fingerprint density at radius 3 is 2.63 bits per heavy atom. The number of methoxy groups -OCH3 is 1. The van der Waals surface area contributed by atoms with Crippen LogP contribution >= 0.6 is 0 Å². The van der Waals surface area contributed by atoms with E-state index >= 15 is 0 Å². The van der Waals surface area contributed by atoms with Crippen molar-refractivity contribution in [2.75, 3.05) is 20.3 Å². The van der Waals surface area contributed by atoms with E-state index in [0.29, 0.717) is 25.4 Å². The standard InChI is InChI=1S/C24H27N3O3/c1-3-30-24(28)23-21-17-26(15-19-10-7-11-20(14-19)29-2)13-12-22(21)27(25-23)16-18-8-5-4-6-9-18/h4-11,14H,3,12-13,15-17H2,1-2H3.